The van der Waals surface area contributed by atoms with Crippen LogP contribution in [0.4, 0.5) is 0 Å². The minimum absolute atomic E-state index is 0.0171. The summed E-state index contributed by atoms with van der Waals surface area (Å²) < 4.78 is 19.4. The van der Waals surface area contributed by atoms with Crippen LogP contribution in [0.5, 0.6) is 17.2 Å². The number of carboxylic acids is 1. The van der Waals surface area contributed by atoms with E-state index in [9.17, 15) is 65.9 Å². The van der Waals surface area contributed by atoms with Crippen molar-refractivity contribution in [1.29, 1.82) is 15.8 Å². The standard InChI is InChI=1S/2C25H20ClN3O4.C24H17ClN2O5/c2*1-28-23(31)19-20(15-5-3-2-4-6-15)25(16-9-7-14(12-27)8-10-16)24(32,22(19)30)21-18(33-25)11-17(26)13-29-21;25-16-10-17-20(27-12-16)23(31)21(28)18(22(29)30)19(14-4-2-1-3-5-14)24(23,32-17)15-8-6-13(11-26)7-9-15/h2*2-11,13,19-20,22,30,32H,1H3,(H,28,31);1-10,12,18-19,21,28,31H,(H,29,30)/t2*19-,20-,22-,24+,25+;18-,19-,21-,23+,24+/m111/s1. The van der Waals surface area contributed by atoms with Gasteiger partial charge in [-0.2, -0.15) is 15.8 Å². The van der Waals surface area contributed by atoms with Crippen molar-refractivity contribution in [2.45, 2.75) is 69.7 Å². The van der Waals surface area contributed by atoms with E-state index in [4.69, 9.17) is 49.0 Å². The highest BCUT2D eigenvalue weighted by atomic mass is 35.5. The van der Waals surface area contributed by atoms with Crippen molar-refractivity contribution in [2.24, 2.45) is 17.8 Å². The lowest BCUT2D eigenvalue weighted by atomic mass is 9.71. The fourth-order valence-corrected chi connectivity index (χ4v) is 16.4. The van der Waals surface area contributed by atoms with Gasteiger partial charge in [-0.05, 0) is 69.8 Å². The van der Waals surface area contributed by atoms with Gasteiger partial charge in [0.05, 0.1) is 67.7 Å². The van der Waals surface area contributed by atoms with Crippen molar-refractivity contribution < 1.29 is 64.3 Å². The molecule has 492 valence electrons. The third-order valence-corrected chi connectivity index (χ3v) is 20.6. The van der Waals surface area contributed by atoms with Crippen molar-refractivity contribution in [2.75, 3.05) is 14.1 Å². The fraction of sp³-hybridized carbons (Fsp3) is 0.230. The van der Waals surface area contributed by atoms with E-state index in [-0.39, 0.29) is 39.4 Å². The van der Waals surface area contributed by atoms with Gasteiger partial charge in [0.15, 0.2) is 33.6 Å². The van der Waals surface area contributed by atoms with Crippen molar-refractivity contribution in [3.8, 4) is 35.5 Å². The summed E-state index contributed by atoms with van der Waals surface area (Å²) in [5, 5.41) is 115. The van der Waals surface area contributed by atoms with E-state index in [1.807, 2.05) is 66.7 Å². The van der Waals surface area contributed by atoms with Crippen LogP contribution in [0.25, 0.3) is 0 Å². The van der Waals surface area contributed by atoms with Gasteiger partial charge in [-0.3, -0.25) is 29.3 Å². The molecule has 9 N–H and O–H groups in total. The Kier molecular flexibility index (Phi) is 16.9. The van der Waals surface area contributed by atoms with E-state index in [2.05, 4.69) is 37.7 Å². The molecule has 15 rings (SSSR count). The second kappa shape index (κ2) is 25.0. The van der Waals surface area contributed by atoms with E-state index in [1.54, 1.807) is 103 Å². The van der Waals surface area contributed by atoms with Gasteiger partial charge < -0.3 is 60.6 Å². The largest absolute Gasteiger partial charge is 0.481 e. The number of aromatic nitrogens is 3. The fourth-order valence-electron chi connectivity index (χ4n) is 16.0. The molecule has 3 aliphatic heterocycles. The zero-order chi connectivity index (χ0) is 69.4. The number of aliphatic hydroxyl groups is 6. The molecule has 3 saturated carbocycles. The summed E-state index contributed by atoms with van der Waals surface area (Å²) in [6, 6.07) is 57.3. The quantitative estimate of drug-likeness (QED) is 0.0658. The summed E-state index contributed by atoms with van der Waals surface area (Å²) in [5.41, 5.74) is -6.46. The molecule has 6 aliphatic rings. The third kappa shape index (κ3) is 9.47. The summed E-state index contributed by atoms with van der Waals surface area (Å²) in [7, 11) is 2.97. The molecule has 21 nitrogen and oxygen atoms in total. The Morgan fingerprint density at radius 3 is 0.929 bits per heavy atom. The molecule has 0 radical (unpaired) electrons. The van der Waals surface area contributed by atoms with Crippen LogP contribution in [0.2, 0.25) is 15.1 Å². The Balaban J connectivity index is 0.000000132. The van der Waals surface area contributed by atoms with Crippen molar-refractivity contribution >= 4 is 52.6 Å². The van der Waals surface area contributed by atoms with E-state index in [1.165, 1.54) is 50.9 Å². The predicted octanol–water partition coefficient (Wildman–Crippen LogP) is 8.15. The molecular formula is C74H57Cl3N8O13. The molecule has 0 bridgehead atoms. The van der Waals surface area contributed by atoms with E-state index < -0.39 is 105 Å². The molecule has 3 aliphatic carbocycles. The van der Waals surface area contributed by atoms with Crippen molar-refractivity contribution in [1.82, 2.24) is 25.6 Å². The molecule has 0 saturated heterocycles. The molecule has 0 spiro atoms. The molecule has 3 fully saturated rings. The molecular weight excluding hydrogens is 1320 g/mol. The number of nitrogens with zero attached hydrogens (tertiary/aromatic N) is 6. The van der Waals surface area contributed by atoms with Crippen LogP contribution in [-0.4, -0.2) is 101 Å². The molecule has 6 heterocycles. The van der Waals surface area contributed by atoms with Gasteiger partial charge in [0.1, 0.15) is 52.6 Å². The molecule has 9 aromatic rings. The topological polar surface area (TPSA) is 355 Å². The number of nitrogens with one attached hydrogen (secondary N) is 2. The number of halogens is 3. The number of amides is 2. The number of fused-ring (bicyclic) bond motifs is 9. The van der Waals surface area contributed by atoms with Crippen molar-refractivity contribution in [3.63, 3.8) is 0 Å². The SMILES string of the molecule is CNC(=O)[C@H]1[C@@H](O)[C@@]2(O)c3ncc(Cl)cc3O[C@@]2(c2ccc(C#N)cc2)[C@@H]1c1ccccc1.CNC(=O)[C@H]1[C@@H](O)[C@@]2(O)c3ncc(Cl)cc3O[C@@]2(c2ccc(C#N)cc2)[C@@H]1c1ccccc1.N#Cc1ccc([C@@]23Oc4cc(Cl)cnc4[C@]2(O)[C@H](O)[C@H](C(=O)O)[C@H]3c2ccccc2)cc1. The Labute approximate surface area is 574 Å². The second-order valence-corrected chi connectivity index (χ2v) is 25.8. The minimum atomic E-state index is -2.19. The van der Waals surface area contributed by atoms with Gasteiger partial charge in [0.25, 0.3) is 0 Å². The van der Waals surface area contributed by atoms with Gasteiger partial charge in [-0.15, -0.1) is 0 Å². The first-order chi connectivity index (χ1) is 47.1. The first-order valence-electron chi connectivity index (χ1n) is 30.7. The second-order valence-electron chi connectivity index (χ2n) is 24.5. The lowest BCUT2D eigenvalue weighted by Gasteiger charge is -2.40. The number of aliphatic hydroxyl groups excluding tert-OH is 3. The van der Waals surface area contributed by atoms with E-state index >= 15 is 0 Å². The molecule has 98 heavy (non-hydrogen) atoms. The number of hydrogen-bond acceptors (Lipinski definition) is 18. The summed E-state index contributed by atoms with van der Waals surface area (Å²) in [6.07, 6.45) is -0.783. The summed E-state index contributed by atoms with van der Waals surface area (Å²) >= 11 is 18.4. The van der Waals surface area contributed by atoms with E-state index in [0.717, 1.165) is 0 Å². The first-order valence-corrected chi connectivity index (χ1v) is 31.8. The highest BCUT2D eigenvalue weighted by molar-refractivity contribution is 6.31. The maximum absolute atomic E-state index is 13.1. The maximum Gasteiger partial charge on any atom is 0.310 e. The molecule has 24 heteroatoms. The van der Waals surface area contributed by atoms with Gasteiger partial charge in [0.2, 0.25) is 11.8 Å². The van der Waals surface area contributed by atoms with Gasteiger partial charge in [-0.25, -0.2) is 0 Å². The number of rotatable bonds is 9. The van der Waals surface area contributed by atoms with Crippen LogP contribution < -0.4 is 24.8 Å². The average Bonchev–Trinajstić information content (AvgIpc) is 1.52. The zero-order valence-corrected chi connectivity index (χ0v) is 53.9. The van der Waals surface area contributed by atoms with Crippen LogP contribution in [0, 0.1) is 51.7 Å². The first kappa shape index (κ1) is 66.3. The molecule has 2 amide bonds. The Hall–Kier alpha value is -10.3. The Morgan fingerprint density at radius 2 is 0.684 bits per heavy atom. The van der Waals surface area contributed by atoms with Gasteiger partial charge >= 0.3 is 5.97 Å². The van der Waals surface area contributed by atoms with Crippen LogP contribution >= 0.6 is 34.8 Å². The van der Waals surface area contributed by atoms with Crippen molar-refractivity contribution in [3.05, 3.63) is 283 Å². The number of benzene rings is 6. The number of carbonyl (C=O) groups excluding carboxylic acids is 2. The van der Waals surface area contributed by atoms with Crippen LogP contribution in [-0.2, 0) is 48.0 Å². The molecule has 6 aromatic carbocycles. The third-order valence-electron chi connectivity index (χ3n) is 19.9. The Bertz CT molecular complexity index is 4560. The van der Waals surface area contributed by atoms with Gasteiger partial charge in [-0.1, -0.05) is 162 Å². The number of pyridine rings is 3. The maximum atomic E-state index is 13.1. The number of hydrogen-bond donors (Lipinski definition) is 9. The zero-order valence-electron chi connectivity index (χ0n) is 51.6. The minimum Gasteiger partial charge on any atom is -0.481 e. The summed E-state index contributed by atoms with van der Waals surface area (Å²) in [4.78, 5) is 51.5. The number of aliphatic carboxylic acids is 1. The van der Waals surface area contributed by atoms with Crippen LogP contribution in [0.15, 0.2) is 201 Å². The highest BCUT2D eigenvalue weighted by Crippen LogP contribution is 2.71. The average molecular weight is 1370 g/mol. The smallest absolute Gasteiger partial charge is 0.310 e. The lowest BCUT2D eigenvalue weighted by Crippen LogP contribution is -2.52. The monoisotopic (exact) mass is 1370 g/mol. The molecule has 3 aromatic heterocycles. The predicted molar refractivity (Wildman–Crippen MR) is 352 cm³/mol. The summed E-state index contributed by atoms with van der Waals surface area (Å²) in [6.45, 7) is 0. The number of nitriles is 3. The Morgan fingerprint density at radius 1 is 0.429 bits per heavy atom. The van der Waals surface area contributed by atoms with Crippen LogP contribution in [0.3, 0.4) is 0 Å². The highest BCUT2D eigenvalue weighted by Gasteiger charge is 2.81. The summed E-state index contributed by atoms with van der Waals surface area (Å²) in [5.74, 6) is -7.61. The number of carboxylic acid groups (broad SMARTS) is 1. The normalized spacial score (nSPS) is 29.7. The lowest BCUT2D eigenvalue weighted by molar-refractivity contribution is -0.160. The number of ether oxygens (including phenoxy) is 3. The van der Waals surface area contributed by atoms with Gasteiger partial charge in [0, 0.05) is 68.6 Å². The molecule has 15 atom stereocenters. The number of carbonyl (C=O) groups is 3. The van der Waals surface area contributed by atoms with E-state index in [0.29, 0.717) is 60.1 Å². The van der Waals surface area contributed by atoms with Crippen LogP contribution in [0.1, 0.15) is 84.9 Å². The molecule has 0 unspecified atom stereocenters.